The first-order chi connectivity index (χ1) is 15.7. The van der Waals surface area contributed by atoms with Gasteiger partial charge in [-0.2, -0.15) is 0 Å². The molecule has 1 amide bonds. The first kappa shape index (κ1) is 22.5. The van der Waals surface area contributed by atoms with Crippen LogP contribution in [-0.2, 0) is 6.54 Å². The molecule has 0 bridgehead atoms. The first-order valence-corrected chi connectivity index (χ1v) is 10.5. The van der Waals surface area contributed by atoms with E-state index in [2.05, 4.69) is 5.32 Å². The summed E-state index contributed by atoms with van der Waals surface area (Å²) in [5, 5.41) is 13.1. The number of carbonyl (C=O) groups is 2. The number of carboxylic acids is 1. The molecule has 1 atom stereocenters. The first-order valence-electron chi connectivity index (χ1n) is 10.1. The molecule has 0 spiro atoms. The van der Waals surface area contributed by atoms with E-state index in [1.807, 2.05) is 0 Å². The zero-order valence-corrected chi connectivity index (χ0v) is 18.2. The van der Waals surface area contributed by atoms with Gasteiger partial charge in [0.25, 0.3) is 5.91 Å². The zero-order valence-electron chi connectivity index (χ0n) is 17.5. The molecule has 3 aromatic carbocycles. The number of hydrogen-bond donors (Lipinski definition) is 2. The zero-order chi connectivity index (χ0) is 23.7. The van der Waals surface area contributed by atoms with E-state index < -0.39 is 11.8 Å². The molecule has 33 heavy (non-hydrogen) atoms. The standard InChI is InChI=1S/C25H19ClF2N2O3/c1-14(16-5-7-19(27)8-6-16)29-24(31)18-4-3-17-11-23(25(32)33)30(22(17)12-18)13-15-2-9-20(26)21(28)10-15/h2-12,14H,13H2,1H3,(H,29,31)(H,32,33). The molecule has 2 N–H and O–H groups in total. The average Bonchev–Trinajstić information content (AvgIpc) is 3.14. The van der Waals surface area contributed by atoms with Crippen molar-refractivity contribution in [3.63, 3.8) is 0 Å². The van der Waals surface area contributed by atoms with Crippen LogP contribution in [0.3, 0.4) is 0 Å². The van der Waals surface area contributed by atoms with Gasteiger partial charge >= 0.3 is 5.97 Å². The van der Waals surface area contributed by atoms with Gasteiger partial charge < -0.3 is 15.0 Å². The summed E-state index contributed by atoms with van der Waals surface area (Å²) in [7, 11) is 0. The van der Waals surface area contributed by atoms with Crippen molar-refractivity contribution in [2.75, 3.05) is 0 Å². The predicted molar refractivity (Wildman–Crippen MR) is 122 cm³/mol. The van der Waals surface area contributed by atoms with Crippen LogP contribution in [0, 0.1) is 11.6 Å². The molecular formula is C25H19ClF2N2O3. The van der Waals surface area contributed by atoms with Crippen LogP contribution < -0.4 is 5.32 Å². The van der Waals surface area contributed by atoms with Gasteiger partial charge in [0.05, 0.1) is 11.1 Å². The van der Waals surface area contributed by atoms with E-state index in [1.54, 1.807) is 43.3 Å². The molecule has 1 heterocycles. The van der Waals surface area contributed by atoms with Gasteiger partial charge in [0.15, 0.2) is 0 Å². The summed E-state index contributed by atoms with van der Waals surface area (Å²) in [5.41, 5.74) is 2.13. The van der Waals surface area contributed by atoms with Crippen LogP contribution in [0.1, 0.15) is 44.9 Å². The number of hydrogen-bond acceptors (Lipinski definition) is 2. The van der Waals surface area contributed by atoms with Crippen LogP contribution in [0.2, 0.25) is 5.02 Å². The molecule has 0 aliphatic carbocycles. The molecule has 0 fully saturated rings. The Hall–Kier alpha value is -3.71. The minimum absolute atomic E-state index is 0.0117. The Morgan fingerprint density at radius 1 is 1.03 bits per heavy atom. The number of benzene rings is 3. The number of nitrogens with one attached hydrogen (secondary N) is 1. The van der Waals surface area contributed by atoms with Gasteiger partial charge in [-0.05, 0) is 60.5 Å². The lowest BCUT2D eigenvalue weighted by atomic mass is 10.1. The van der Waals surface area contributed by atoms with E-state index in [0.29, 0.717) is 22.0 Å². The van der Waals surface area contributed by atoms with Crippen molar-refractivity contribution in [1.82, 2.24) is 9.88 Å². The summed E-state index contributed by atoms with van der Waals surface area (Å²) in [5.74, 6) is -2.47. The summed E-state index contributed by atoms with van der Waals surface area (Å²) in [6.07, 6.45) is 0. The molecule has 0 saturated heterocycles. The molecule has 168 valence electrons. The number of amides is 1. The van der Waals surface area contributed by atoms with Gasteiger partial charge in [-0.15, -0.1) is 0 Å². The van der Waals surface area contributed by atoms with Crippen LogP contribution in [0.4, 0.5) is 8.78 Å². The molecule has 1 unspecified atom stereocenters. The Balaban J connectivity index is 1.67. The van der Waals surface area contributed by atoms with E-state index in [4.69, 9.17) is 11.6 Å². The van der Waals surface area contributed by atoms with Crippen LogP contribution in [0.15, 0.2) is 66.7 Å². The predicted octanol–water partition coefficient (Wildman–Crippen LogP) is 5.81. The number of carbonyl (C=O) groups excluding carboxylic acids is 1. The molecule has 5 nitrogen and oxygen atoms in total. The van der Waals surface area contributed by atoms with Gasteiger partial charge in [0, 0.05) is 23.0 Å². The van der Waals surface area contributed by atoms with Crippen LogP contribution >= 0.6 is 11.6 Å². The minimum Gasteiger partial charge on any atom is -0.477 e. The van der Waals surface area contributed by atoms with E-state index in [-0.39, 0.29) is 35.0 Å². The molecule has 0 aliphatic heterocycles. The molecule has 8 heteroatoms. The topological polar surface area (TPSA) is 71.3 Å². The normalized spacial score (nSPS) is 12.0. The highest BCUT2D eigenvalue weighted by Crippen LogP contribution is 2.25. The van der Waals surface area contributed by atoms with Gasteiger partial charge in [-0.1, -0.05) is 35.9 Å². The summed E-state index contributed by atoms with van der Waals surface area (Å²) in [4.78, 5) is 24.7. The SMILES string of the molecule is CC(NC(=O)c1ccc2cc(C(=O)O)n(Cc3ccc(Cl)c(F)c3)c2c1)c1ccc(F)cc1. The molecule has 0 aliphatic rings. The van der Waals surface area contributed by atoms with Crippen molar-refractivity contribution < 1.29 is 23.5 Å². The third-order valence-corrected chi connectivity index (χ3v) is 5.73. The van der Waals surface area contributed by atoms with E-state index >= 15 is 0 Å². The lowest BCUT2D eigenvalue weighted by Crippen LogP contribution is -2.26. The number of rotatable bonds is 6. The summed E-state index contributed by atoms with van der Waals surface area (Å²) in [6.45, 7) is 1.86. The number of carboxylic acid groups (broad SMARTS) is 1. The third-order valence-electron chi connectivity index (χ3n) is 5.43. The highest BCUT2D eigenvalue weighted by atomic mass is 35.5. The monoisotopic (exact) mass is 468 g/mol. The second kappa shape index (κ2) is 9.03. The molecular weight excluding hydrogens is 450 g/mol. The highest BCUT2D eigenvalue weighted by Gasteiger charge is 2.18. The van der Waals surface area contributed by atoms with Crippen LogP contribution in [0.5, 0.6) is 0 Å². The third kappa shape index (κ3) is 4.73. The molecule has 4 aromatic rings. The largest absolute Gasteiger partial charge is 0.477 e. The van der Waals surface area contributed by atoms with Crippen LogP contribution in [-0.4, -0.2) is 21.6 Å². The van der Waals surface area contributed by atoms with Crippen molar-refractivity contribution in [1.29, 1.82) is 0 Å². The van der Waals surface area contributed by atoms with Crippen molar-refractivity contribution >= 4 is 34.4 Å². The molecule has 0 saturated carbocycles. The van der Waals surface area contributed by atoms with E-state index in [9.17, 15) is 23.5 Å². The van der Waals surface area contributed by atoms with Crippen molar-refractivity contribution in [2.24, 2.45) is 0 Å². The number of fused-ring (bicyclic) bond motifs is 1. The second-order valence-electron chi connectivity index (χ2n) is 7.69. The van der Waals surface area contributed by atoms with Crippen molar-refractivity contribution in [3.8, 4) is 0 Å². The maximum Gasteiger partial charge on any atom is 0.352 e. The van der Waals surface area contributed by atoms with E-state index in [0.717, 1.165) is 5.56 Å². The Bertz CT molecular complexity index is 1370. The van der Waals surface area contributed by atoms with Gasteiger partial charge in [0.1, 0.15) is 17.3 Å². The maximum absolute atomic E-state index is 13.9. The van der Waals surface area contributed by atoms with Crippen molar-refractivity contribution in [2.45, 2.75) is 19.5 Å². The number of aromatic carboxylic acids is 1. The number of aromatic nitrogens is 1. The average molecular weight is 469 g/mol. The summed E-state index contributed by atoms with van der Waals surface area (Å²) in [6, 6.07) is 16.1. The fraction of sp³-hybridized carbons (Fsp3) is 0.120. The maximum atomic E-state index is 13.9. The summed E-state index contributed by atoms with van der Waals surface area (Å²) < 4.78 is 28.6. The molecule has 0 radical (unpaired) electrons. The number of halogens is 3. The molecule has 4 rings (SSSR count). The lowest BCUT2D eigenvalue weighted by molar-refractivity contribution is 0.0686. The van der Waals surface area contributed by atoms with Crippen molar-refractivity contribution in [3.05, 3.63) is 106 Å². The highest BCUT2D eigenvalue weighted by molar-refractivity contribution is 6.30. The van der Waals surface area contributed by atoms with Gasteiger partial charge in [-0.25, -0.2) is 13.6 Å². The quantitative estimate of drug-likeness (QED) is 0.375. The fourth-order valence-electron chi connectivity index (χ4n) is 3.68. The second-order valence-corrected chi connectivity index (χ2v) is 8.10. The Labute approximate surface area is 193 Å². The molecule has 1 aromatic heterocycles. The Morgan fingerprint density at radius 3 is 2.42 bits per heavy atom. The minimum atomic E-state index is -1.14. The number of nitrogens with zero attached hydrogens (tertiary/aromatic N) is 1. The van der Waals surface area contributed by atoms with Gasteiger partial charge in [0.2, 0.25) is 0 Å². The van der Waals surface area contributed by atoms with Crippen LogP contribution in [0.25, 0.3) is 10.9 Å². The smallest absolute Gasteiger partial charge is 0.352 e. The Morgan fingerprint density at radius 2 is 1.76 bits per heavy atom. The lowest BCUT2D eigenvalue weighted by Gasteiger charge is -2.15. The summed E-state index contributed by atoms with van der Waals surface area (Å²) >= 11 is 5.75. The Kier molecular flexibility index (Phi) is 6.16. The van der Waals surface area contributed by atoms with E-state index in [1.165, 1.54) is 34.9 Å². The fourth-order valence-corrected chi connectivity index (χ4v) is 3.80. The van der Waals surface area contributed by atoms with Gasteiger partial charge in [-0.3, -0.25) is 4.79 Å².